The van der Waals surface area contributed by atoms with Crippen LogP contribution in [0.4, 0.5) is 5.69 Å². The Labute approximate surface area is 123 Å². The first-order valence-electron chi connectivity index (χ1n) is 7.17. The Morgan fingerprint density at radius 3 is 2.86 bits per heavy atom. The first kappa shape index (κ1) is 13.9. The Hall–Kier alpha value is -2.01. The van der Waals surface area contributed by atoms with Crippen LogP contribution in [0.25, 0.3) is 0 Å². The van der Waals surface area contributed by atoms with Crippen LogP contribution >= 0.6 is 0 Å². The van der Waals surface area contributed by atoms with Crippen LogP contribution < -0.4 is 14.8 Å². The molecule has 112 valence electrons. The first-order valence-corrected chi connectivity index (χ1v) is 7.17. The molecule has 0 amide bonds. The van der Waals surface area contributed by atoms with Gasteiger partial charge in [-0.1, -0.05) is 0 Å². The van der Waals surface area contributed by atoms with Gasteiger partial charge in [0.15, 0.2) is 17.3 Å². The Kier molecular flexibility index (Phi) is 4.10. The van der Waals surface area contributed by atoms with Gasteiger partial charge >= 0.3 is 0 Å². The number of benzene rings is 1. The van der Waals surface area contributed by atoms with Gasteiger partial charge in [-0.2, -0.15) is 0 Å². The summed E-state index contributed by atoms with van der Waals surface area (Å²) >= 11 is 0. The molecule has 1 aromatic carbocycles. The molecule has 0 unspecified atom stereocenters. The fourth-order valence-corrected chi connectivity index (χ4v) is 2.51. The number of carbonyl (C=O) groups is 1. The molecular formula is C16H19NO4. The van der Waals surface area contributed by atoms with Crippen molar-refractivity contribution in [3.8, 4) is 11.5 Å². The van der Waals surface area contributed by atoms with Crippen molar-refractivity contribution < 1.29 is 19.0 Å². The number of methoxy groups -OCH3 is 1. The van der Waals surface area contributed by atoms with Gasteiger partial charge in [-0.25, -0.2) is 0 Å². The van der Waals surface area contributed by atoms with Crippen molar-refractivity contribution in [2.45, 2.75) is 25.4 Å². The summed E-state index contributed by atoms with van der Waals surface area (Å²) < 4.78 is 16.6. The summed E-state index contributed by atoms with van der Waals surface area (Å²) in [5.41, 5.74) is 1.84. The van der Waals surface area contributed by atoms with Crippen molar-refractivity contribution in [2.75, 3.05) is 25.6 Å². The second-order valence-electron chi connectivity index (χ2n) is 5.23. The minimum Gasteiger partial charge on any atom is -0.493 e. The third-order valence-corrected chi connectivity index (χ3v) is 3.63. The highest BCUT2D eigenvalue weighted by Gasteiger charge is 2.19. The van der Waals surface area contributed by atoms with Crippen LogP contribution in [0.3, 0.4) is 0 Å². The Bertz CT molecular complexity index is 561. The summed E-state index contributed by atoms with van der Waals surface area (Å²) in [4.78, 5) is 11.3. The van der Waals surface area contributed by atoms with E-state index in [1.54, 1.807) is 13.2 Å². The molecule has 1 atom stereocenters. The van der Waals surface area contributed by atoms with Crippen LogP contribution in [-0.2, 0) is 9.53 Å². The van der Waals surface area contributed by atoms with E-state index in [2.05, 4.69) is 5.32 Å². The maximum Gasteiger partial charge on any atom is 0.163 e. The number of carbonyl (C=O) groups excluding carboxylic acids is 1. The summed E-state index contributed by atoms with van der Waals surface area (Å²) in [6.45, 7) is 1.35. The van der Waals surface area contributed by atoms with Crippen LogP contribution in [0.1, 0.15) is 19.3 Å². The lowest BCUT2D eigenvalue weighted by Crippen LogP contribution is -2.16. The van der Waals surface area contributed by atoms with Crippen LogP contribution in [0.2, 0.25) is 0 Å². The average Bonchev–Trinajstić information content (AvgIpc) is 3.11. The molecule has 1 aromatic rings. The number of hydrogen-bond acceptors (Lipinski definition) is 5. The van der Waals surface area contributed by atoms with Gasteiger partial charge in [0.1, 0.15) is 6.10 Å². The van der Waals surface area contributed by atoms with Gasteiger partial charge in [0.05, 0.1) is 20.3 Å². The van der Waals surface area contributed by atoms with Gasteiger partial charge in [-0.15, -0.1) is 0 Å². The highest BCUT2D eigenvalue weighted by atomic mass is 16.6. The number of anilines is 1. The Morgan fingerprint density at radius 1 is 1.29 bits per heavy atom. The van der Waals surface area contributed by atoms with Crippen LogP contribution in [0, 0.1) is 0 Å². The lowest BCUT2D eigenvalue weighted by Gasteiger charge is -2.16. The van der Waals surface area contributed by atoms with Crippen molar-refractivity contribution in [3.05, 3.63) is 30.0 Å². The van der Waals surface area contributed by atoms with E-state index in [0.717, 1.165) is 30.8 Å². The Morgan fingerprint density at radius 2 is 2.19 bits per heavy atom. The number of ether oxygens (including phenoxy) is 3. The number of hydrogen-bond donors (Lipinski definition) is 1. The summed E-state index contributed by atoms with van der Waals surface area (Å²) in [5.74, 6) is 1.57. The van der Waals surface area contributed by atoms with Crippen molar-refractivity contribution in [1.29, 1.82) is 0 Å². The molecule has 0 saturated carbocycles. The monoisotopic (exact) mass is 289 g/mol. The molecule has 1 aliphatic heterocycles. The first-order chi connectivity index (χ1) is 10.2. The normalized spacial score (nSPS) is 21.3. The Balaban J connectivity index is 1.75. The van der Waals surface area contributed by atoms with E-state index < -0.39 is 0 Å². The molecule has 1 fully saturated rings. The third kappa shape index (κ3) is 3.36. The predicted molar refractivity (Wildman–Crippen MR) is 78.8 cm³/mol. The summed E-state index contributed by atoms with van der Waals surface area (Å²) in [6.07, 6.45) is 3.97. The van der Waals surface area contributed by atoms with E-state index in [4.69, 9.17) is 14.2 Å². The molecule has 1 heterocycles. The molecule has 0 radical (unpaired) electrons. The summed E-state index contributed by atoms with van der Waals surface area (Å²) in [7, 11) is 1.62. The van der Waals surface area contributed by atoms with E-state index in [0.29, 0.717) is 24.5 Å². The number of nitrogens with one attached hydrogen (secondary N) is 1. The van der Waals surface area contributed by atoms with Crippen molar-refractivity contribution >= 4 is 11.5 Å². The maximum absolute atomic E-state index is 11.3. The van der Waals surface area contributed by atoms with Crippen LogP contribution in [0.5, 0.6) is 11.5 Å². The van der Waals surface area contributed by atoms with Crippen molar-refractivity contribution in [1.82, 2.24) is 0 Å². The van der Waals surface area contributed by atoms with Crippen molar-refractivity contribution in [2.24, 2.45) is 0 Å². The zero-order valence-electron chi connectivity index (χ0n) is 12.1. The molecule has 1 N–H and O–H groups in total. The van der Waals surface area contributed by atoms with Crippen LogP contribution in [0.15, 0.2) is 30.0 Å². The van der Waals surface area contributed by atoms with Gasteiger partial charge in [-0.3, -0.25) is 4.79 Å². The fraction of sp³-hybridized carbons (Fsp3) is 0.438. The standard InChI is InChI=1S/C16H19NO4/c1-19-15-5-3-12(17-11-2-4-13(18)8-11)9-16(15)21-14-6-7-20-10-14/h3,5,8-9,14,17H,2,4,6-7,10H2,1H3/t14-/m1/s1. The second kappa shape index (κ2) is 6.18. The average molecular weight is 289 g/mol. The van der Waals surface area contributed by atoms with Gasteiger partial charge in [0.2, 0.25) is 0 Å². The largest absolute Gasteiger partial charge is 0.493 e. The molecule has 1 saturated heterocycles. The zero-order valence-corrected chi connectivity index (χ0v) is 12.1. The molecule has 1 aliphatic carbocycles. The SMILES string of the molecule is COc1ccc(NC2=CC(=O)CC2)cc1O[C@@H]1CCOC1. The van der Waals surface area contributed by atoms with E-state index in [1.807, 2.05) is 18.2 Å². The van der Waals surface area contributed by atoms with Gasteiger partial charge in [0.25, 0.3) is 0 Å². The molecule has 2 aliphatic rings. The van der Waals surface area contributed by atoms with Crippen LogP contribution in [-0.4, -0.2) is 32.2 Å². The number of allylic oxidation sites excluding steroid dienone is 2. The fourth-order valence-electron chi connectivity index (χ4n) is 2.51. The van der Waals surface area contributed by atoms with E-state index in [1.165, 1.54) is 0 Å². The lowest BCUT2D eigenvalue weighted by atomic mass is 10.2. The summed E-state index contributed by atoms with van der Waals surface area (Å²) in [5, 5.41) is 3.26. The minimum atomic E-state index is 0.0708. The molecular weight excluding hydrogens is 270 g/mol. The highest BCUT2D eigenvalue weighted by molar-refractivity contribution is 5.93. The predicted octanol–water partition coefficient (Wildman–Crippen LogP) is 2.52. The number of ketones is 1. The molecule has 5 heteroatoms. The van der Waals surface area contributed by atoms with Gasteiger partial charge < -0.3 is 19.5 Å². The third-order valence-electron chi connectivity index (χ3n) is 3.63. The minimum absolute atomic E-state index is 0.0708. The summed E-state index contributed by atoms with van der Waals surface area (Å²) in [6, 6.07) is 5.69. The molecule has 21 heavy (non-hydrogen) atoms. The van der Waals surface area contributed by atoms with Crippen molar-refractivity contribution in [3.63, 3.8) is 0 Å². The zero-order chi connectivity index (χ0) is 14.7. The van der Waals surface area contributed by atoms with E-state index in [-0.39, 0.29) is 11.9 Å². The molecule has 3 rings (SSSR count). The number of rotatable bonds is 5. The van der Waals surface area contributed by atoms with E-state index >= 15 is 0 Å². The molecule has 5 nitrogen and oxygen atoms in total. The highest BCUT2D eigenvalue weighted by Crippen LogP contribution is 2.33. The molecule has 0 aromatic heterocycles. The second-order valence-corrected chi connectivity index (χ2v) is 5.23. The van der Waals surface area contributed by atoms with Gasteiger partial charge in [-0.05, 0) is 18.6 Å². The van der Waals surface area contributed by atoms with E-state index in [9.17, 15) is 4.79 Å². The lowest BCUT2D eigenvalue weighted by molar-refractivity contribution is -0.114. The smallest absolute Gasteiger partial charge is 0.163 e. The topological polar surface area (TPSA) is 56.8 Å². The molecule has 0 bridgehead atoms. The van der Waals surface area contributed by atoms with Gasteiger partial charge in [0, 0.05) is 36.4 Å². The molecule has 0 spiro atoms. The maximum atomic E-state index is 11.3. The quantitative estimate of drug-likeness (QED) is 0.902.